The van der Waals surface area contributed by atoms with Gasteiger partial charge in [-0.15, -0.1) is 0 Å². The third kappa shape index (κ3) is 4.08. The predicted octanol–water partition coefficient (Wildman–Crippen LogP) is 4.31. The molecule has 3 aromatic carbocycles. The molecule has 1 aliphatic heterocycles. The van der Waals surface area contributed by atoms with Gasteiger partial charge in [0.1, 0.15) is 5.75 Å². The van der Waals surface area contributed by atoms with Crippen LogP contribution < -0.4 is 15.6 Å². The van der Waals surface area contributed by atoms with Gasteiger partial charge in [-0.3, -0.25) is 19.0 Å². The van der Waals surface area contributed by atoms with Crippen LogP contribution in [0.25, 0.3) is 16.6 Å². The number of aryl methyl sites for hydroxylation is 2. The molecule has 0 bridgehead atoms. The van der Waals surface area contributed by atoms with Gasteiger partial charge in [0.2, 0.25) is 0 Å². The van der Waals surface area contributed by atoms with E-state index in [4.69, 9.17) is 9.72 Å². The topological polar surface area (TPSA) is 90.3 Å². The molecule has 0 atom stereocenters. The number of hydrogen-bond acceptors (Lipinski definition) is 6. The lowest BCUT2D eigenvalue weighted by Gasteiger charge is -2.18. The van der Waals surface area contributed by atoms with Crippen LogP contribution in [-0.2, 0) is 4.79 Å². The Kier molecular flexibility index (Phi) is 5.67. The van der Waals surface area contributed by atoms with Crippen molar-refractivity contribution in [2.75, 3.05) is 17.7 Å². The summed E-state index contributed by atoms with van der Waals surface area (Å²) in [4.78, 5) is 42.8. The van der Waals surface area contributed by atoms with E-state index in [1.54, 1.807) is 34.9 Å². The van der Waals surface area contributed by atoms with E-state index >= 15 is 0 Å². The number of hydrogen-bond donors (Lipinski definition) is 1. The molecule has 4 aromatic rings. The Morgan fingerprint density at radius 1 is 1.09 bits per heavy atom. The van der Waals surface area contributed by atoms with Crippen LogP contribution in [0.3, 0.4) is 0 Å². The zero-order chi connectivity index (χ0) is 23.8. The maximum absolute atomic E-state index is 13.5. The van der Waals surface area contributed by atoms with Crippen LogP contribution in [0.15, 0.2) is 70.6 Å². The maximum Gasteiger partial charge on any atom is 0.266 e. The van der Waals surface area contributed by atoms with Crippen LogP contribution in [0.5, 0.6) is 5.75 Å². The standard InChI is InChI=1S/C26H21N3O4S/c1-15-7-8-16(2)21(11-15)29-25(32)18-5-3-4-6-19(18)28-26(29)34-14-22(30)17-9-10-23-20(12-17)27-24(31)13-33-23/h3-12H,13-14H2,1-2H3,(H,27,31). The molecule has 0 radical (unpaired) electrons. The monoisotopic (exact) mass is 471 g/mol. The number of rotatable bonds is 5. The van der Waals surface area contributed by atoms with Crippen molar-refractivity contribution in [3.8, 4) is 11.4 Å². The normalized spacial score (nSPS) is 12.7. The average molecular weight is 472 g/mol. The van der Waals surface area contributed by atoms with Gasteiger partial charge in [-0.05, 0) is 61.4 Å². The molecule has 0 unspecified atom stereocenters. The van der Waals surface area contributed by atoms with Crippen molar-refractivity contribution in [3.05, 3.63) is 87.7 Å². The first-order valence-electron chi connectivity index (χ1n) is 10.7. The molecule has 0 fully saturated rings. The lowest BCUT2D eigenvalue weighted by Crippen LogP contribution is -2.25. The first-order chi connectivity index (χ1) is 16.4. The van der Waals surface area contributed by atoms with Gasteiger partial charge >= 0.3 is 0 Å². The van der Waals surface area contributed by atoms with E-state index in [1.807, 2.05) is 44.2 Å². The molecule has 0 spiro atoms. The minimum Gasteiger partial charge on any atom is -0.482 e. The molecule has 1 amide bonds. The fourth-order valence-electron chi connectivity index (χ4n) is 3.85. The molecule has 0 saturated carbocycles. The summed E-state index contributed by atoms with van der Waals surface area (Å²) in [6.45, 7) is 3.87. The minimum atomic E-state index is -0.260. The molecule has 2 heterocycles. The molecule has 1 N–H and O–H groups in total. The zero-order valence-corrected chi connectivity index (χ0v) is 19.4. The summed E-state index contributed by atoms with van der Waals surface area (Å²) in [6.07, 6.45) is 0. The van der Waals surface area contributed by atoms with Gasteiger partial charge in [0, 0.05) is 5.56 Å². The van der Waals surface area contributed by atoms with Crippen LogP contribution in [0.1, 0.15) is 21.5 Å². The highest BCUT2D eigenvalue weighted by molar-refractivity contribution is 7.99. The second-order valence-corrected chi connectivity index (χ2v) is 9.04. The van der Waals surface area contributed by atoms with E-state index in [-0.39, 0.29) is 29.6 Å². The van der Waals surface area contributed by atoms with Crippen molar-refractivity contribution in [1.82, 2.24) is 9.55 Å². The Morgan fingerprint density at radius 2 is 1.91 bits per heavy atom. The SMILES string of the molecule is Cc1ccc(C)c(-n2c(SCC(=O)c3ccc4c(c3)NC(=O)CO4)nc3ccccc3c2=O)c1. The number of amides is 1. The number of nitrogens with zero attached hydrogens (tertiary/aromatic N) is 2. The Morgan fingerprint density at radius 3 is 2.76 bits per heavy atom. The number of carbonyl (C=O) groups excluding carboxylic acids is 2. The van der Waals surface area contributed by atoms with E-state index < -0.39 is 0 Å². The quantitative estimate of drug-likeness (QED) is 0.265. The molecule has 1 aliphatic rings. The Bertz CT molecular complexity index is 1530. The van der Waals surface area contributed by atoms with Crippen LogP contribution in [-0.4, -0.2) is 33.6 Å². The fraction of sp³-hybridized carbons (Fsp3) is 0.154. The second kappa shape index (κ2) is 8.79. The molecule has 7 nitrogen and oxygen atoms in total. The second-order valence-electron chi connectivity index (χ2n) is 8.10. The van der Waals surface area contributed by atoms with Gasteiger partial charge in [-0.2, -0.15) is 0 Å². The Labute approximate surface area is 199 Å². The first kappa shape index (κ1) is 21.9. The van der Waals surface area contributed by atoms with Crippen LogP contribution in [0.2, 0.25) is 0 Å². The lowest BCUT2D eigenvalue weighted by molar-refractivity contribution is -0.118. The lowest BCUT2D eigenvalue weighted by atomic mass is 10.1. The van der Waals surface area contributed by atoms with Crippen LogP contribution in [0.4, 0.5) is 5.69 Å². The third-order valence-electron chi connectivity index (χ3n) is 5.62. The van der Waals surface area contributed by atoms with Gasteiger partial charge in [0.15, 0.2) is 17.5 Å². The number of benzene rings is 3. The summed E-state index contributed by atoms with van der Waals surface area (Å²) in [6, 6.07) is 18.1. The van der Waals surface area contributed by atoms with Crippen LogP contribution in [0, 0.1) is 13.8 Å². The fourth-order valence-corrected chi connectivity index (χ4v) is 4.75. The third-order valence-corrected chi connectivity index (χ3v) is 6.56. The van der Waals surface area contributed by atoms with E-state index in [0.717, 1.165) is 16.8 Å². The number of Topliss-reactive ketones (excluding diaryl/α,β-unsaturated/α-hetero) is 1. The highest BCUT2D eigenvalue weighted by atomic mass is 32.2. The number of carbonyl (C=O) groups is 2. The molecular formula is C26H21N3O4S. The number of ether oxygens (including phenoxy) is 1. The van der Waals surface area contributed by atoms with Gasteiger partial charge in [-0.1, -0.05) is 36.0 Å². The molecule has 34 heavy (non-hydrogen) atoms. The Balaban J connectivity index is 1.52. The summed E-state index contributed by atoms with van der Waals surface area (Å²) in [5.41, 5.74) is 4.02. The van der Waals surface area contributed by atoms with E-state index in [9.17, 15) is 14.4 Å². The summed E-state index contributed by atoms with van der Waals surface area (Å²) < 4.78 is 6.95. The number of fused-ring (bicyclic) bond motifs is 2. The smallest absolute Gasteiger partial charge is 0.266 e. The zero-order valence-electron chi connectivity index (χ0n) is 18.6. The molecule has 5 rings (SSSR count). The van der Waals surface area contributed by atoms with Crippen molar-refractivity contribution in [3.63, 3.8) is 0 Å². The van der Waals surface area contributed by atoms with E-state index in [1.165, 1.54) is 11.8 Å². The van der Waals surface area contributed by atoms with Gasteiger partial charge in [0.25, 0.3) is 11.5 Å². The van der Waals surface area contributed by atoms with Gasteiger partial charge in [-0.25, -0.2) is 4.98 Å². The largest absolute Gasteiger partial charge is 0.482 e. The molecule has 0 saturated heterocycles. The number of anilines is 1. The number of nitrogens with one attached hydrogen (secondary N) is 1. The number of thioether (sulfide) groups is 1. The molecule has 170 valence electrons. The maximum atomic E-state index is 13.5. The van der Waals surface area contributed by atoms with Crippen molar-refractivity contribution < 1.29 is 14.3 Å². The number of aromatic nitrogens is 2. The molecule has 8 heteroatoms. The molecule has 0 aliphatic carbocycles. The van der Waals surface area contributed by atoms with Crippen LogP contribution >= 0.6 is 11.8 Å². The highest BCUT2D eigenvalue weighted by Crippen LogP contribution is 2.30. The number of para-hydroxylation sites is 1. The average Bonchev–Trinajstić information content (AvgIpc) is 2.84. The summed E-state index contributed by atoms with van der Waals surface area (Å²) in [5.74, 6) is 0.194. The summed E-state index contributed by atoms with van der Waals surface area (Å²) in [5, 5.41) is 3.68. The minimum absolute atomic E-state index is 0.0420. The molecule has 1 aromatic heterocycles. The van der Waals surface area contributed by atoms with Crippen molar-refractivity contribution in [2.24, 2.45) is 0 Å². The summed E-state index contributed by atoms with van der Waals surface area (Å²) in [7, 11) is 0. The molecular weight excluding hydrogens is 450 g/mol. The summed E-state index contributed by atoms with van der Waals surface area (Å²) >= 11 is 1.21. The van der Waals surface area contributed by atoms with E-state index in [2.05, 4.69) is 5.32 Å². The van der Waals surface area contributed by atoms with Crippen molar-refractivity contribution in [1.29, 1.82) is 0 Å². The van der Waals surface area contributed by atoms with Crippen molar-refractivity contribution in [2.45, 2.75) is 19.0 Å². The van der Waals surface area contributed by atoms with Crippen molar-refractivity contribution >= 4 is 40.0 Å². The highest BCUT2D eigenvalue weighted by Gasteiger charge is 2.20. The first-order valence-corrected chi connectivity index (χ1v) is 11.7. The van der Waals surface area contributed by atoms with Gasteiger partial charge in [0.05, 0.1) is 28.0 Å². The van der Waals surface area contributed by atoms with Gasteiger partial charge < -0.3 is 10.1 Å². The number of ketones is 1. The Hall–Kier alpha value is -3.91. The van der Waals surface area contributed by atoms with E-state index in [0.29, 0.717) is 33.1 Å². The predicted molar refractivity (Wildman–Crippen MR) is 132 cm³/mol.